The largest absolute Gasteiger partial charge is 0.346 e. The van der Waals surface area contributed by atoms with Crippen LogP contribution in [0.3, 0.4) is 0 Å². The first kappa shape index (κ1) is 13.0. The van der Waals surface area contributed by atoms with E-state index in [1.54, 1.807) is 0 Å². The average molecular weight is 279 g/mol. The van der Waals surface area contributed by atoms with Gasteiger partial charge in [0, 0.05) is 36.9 Å². The smallest absolute Gasteiger partial charge is 0.226 e. The van der Waals surface area contributed by atoms with E-state index < -0.39 is 0 Å². The fraction of sp³-hybridized carbons (Fsp3) is 0.714. The molecular formula is C14H21N3OS. The zero-order valence-corrected chi connectivity index (χ0v) is 12.4. The van der Waals surface area contributed by atoms with E-state index in [2.05, 4.69) is 9.97 Å². The van der Waals surface area contributed by atoms with Crippen LogP contribution in [0.1, 0.15) is 30.1 Å². The number of nitrogens with zero attached hydrogens (tertiary/aromatic N) is 2. The predicted octanol–water partition coefficient (Wildman–Crippen LogP) is 1.79. The highest BCUT2D eigenvalue weighted by atomic mass is 32.2. The maximum Gasteiger partial charge on any atom is 0.226 e. The monoisotopic (exact) mass is 279 g/mol. The first-order chi connectivity index (χ1) is 9.15. The highest BCUT2D eigenvalue weighted by molar-refractivity contribution is 7.99. The molecule has 2 aliphatic rings. The van der Waals surface area contributed by atoms with Gasteiger partial charge in [0.2, 0.25) is 5.91 Å². The number of imidazole rings is 1. The molecule has 2 heterocycles. The van der Waals surface area contributed by atoms with Gasteiger partial charge >= 0.3 is 0 Å². The lowest BCUT2D eigenvalue weighted by atomic mass is 9.88. The summed E-state index contributed by atoms with van der Waals surface area (Å²) in [4.78, 5) is 22.4. The molecule has 1 N–H and O–H groups in total. The van der Waals surface area contributed by atoms with E-state index in [0.29, 0.717) is 11.9 Å². The van der Waals surface area contributed by atoms with Gasteiger partial charge < -0.3 is 9.88 Å². The SMILES string of the molecule is Cc1nc2c([nH]1)CC(C(=O)N(C)C1CCSC1)CC2. The van der Waals surface area contributed by atoms with Gasteiger partial charge in [-0.15, -0.1) is 0 Å². The number of carbonyl (C=O) groups excluding carboxylic acids is 1. The molecule has 1 aromatic rings. The maximum atomic E-state index is 12.6. The molecule has 0 saturated carbocycles. The molecule has 1 aliphatic heterocycles. The highest BCUT2D eigenvalue weighted by Gasteiger charge is 2.32. The summed E-state index contributed by atoms with van der Waals surface area (Å²) in [5, 5.41) is 0. The molecule has 2 atom stereocenters. The van der Waals surface area contributed by atoms with Crippen molar-refractivity contribution in [3.8, 4) is 0 Å². The predicted molar refractivity (Wildman–Crippen MR) is 77.3 cm³/mol. The maximum absolute atomic E-state index is 12.6. The van der Waals surface area contributed by atoms with Gasteiger partial charge in [-0.1, -0.05) is 0 Å². The molecule has 0 radical (unpaired) electrons. The van der Waals surface area contributed by atoms with Gasteiger partial charge in [-0.3, -0.25) is 4.79 Å². The van der Waals surface area contributed by atoms with Crippen LogP contribution in [-0.2, 0) is 17.6 Å². The lowest BCUT2D eigenvalue weighted by Gasteiger charge is -2.30. The molecule has 5 heteroatoms. The third kappa shape index (κ3) is 2.53. The Morgan fingerprint density at radius 3 is 3.05 bits per heavy atom. The molecule has 0 spiro atoms. The summed E-state index contributed by atoms with van der Waals surface area (Å²) in [5.74, 6) is 3.73. The van der Waals surface area contributed by atoms with Crippen LogP contribution in [0.2, 0.25) is 0 Å². The summed E-state index contributed by atoms with van der Waals surface area (Å²) in [7, 11) is 1.98. The molecule has 1 fully saturated rings. The summed E-state index contributed by atoms with van der Waals surface area (Å²) in [6, 6.07) is 0.447. The van der Waals surface area contributed by atoms with Crippen LogP contribution in [-0.4, -0.2) is 45.4 Å². The van der Waals surface area contributed by atoms with E-state index in [4.69, 9.17) is 0 Å². The summed E-state index contributed by atoms with van der Waals surface area (Å²) in [6.07, 6.45) is 3.86. The Labute approximate surface area is 118 Å². The number of aromatic nitrogens is 2. The van der Waals surface area contributed by atoms with Crippen molar-refractivity contribution in [3.63, 3.8) is 0 Å². The standard InChI is InChI=1S/C14H21N3OS/c1-9-15-12-4-3-10(7-13(12)16-9)14(18)17(2)11-5-6-19-8-11/h10-11H,3-8H2,1-2H3,(H,15,16). The molecular weight excluding hydrogens is 258 g/mol. The Morgan fingerprint density at radius 1 is 1.47 bits per heavy atom. The first-order valence-corrected chi connectivity index (χ1v) is 8.19. The van der Waals surface area contributed by atoms with Crippen molar-refractivity contribution in [2.75, 3.05) is 18.6 Å². The molecule has 1 saturated heterocycles. The third-order valence-electron chi connectivity index (χ3n) is 4.31. The van der Waals surface area contributed by atoms with Crippen LogP contribution in [0.15, 0.2) is 0 Å². The molecule has 1 amide bonds. The Balaban J connectivity index is 1.68. The van der Waals surface area contributed by atoms with E-state index in [9.17, 15) is 4.79 Å². The number of thioether (sulfide) groups is 1. The van der Waals surface area contributed by atoms with Gasteiger partial charge in [0.05, 0.1) is 5.69 Å². The molecule has 1 aliphatic carbocycles. The molecule has 2 unspecified atom stereocenters. The van der Waals surface area contributed by atoms with Crippen LogP contribution in [0, 0.1) is 12.8 Å². The average Bonchev–Trinajstić information content (AvgIpc) is 3.03. The number of hydrogen-bond donors (Lipinski definition) is 1. The van der Waals surface area contributed by atoms with Crippen molar-refractivity contribution in [1.29, 1.82) is 0 Å². The van der Waals surface area contributed by atoms with Crippen molar-refractivity contribution in [1.82, 2.24) is 14.9 Å². The molecule has 3 rings (SSSR count). The van der Waals surface area contributed by atoms with Crippen molar-refractivity contribution in [2.24, 2.45) is 5.92 Å². The van der Waals surface area contributed by atoms with E-state index in [1.165, 1.54) is 17.1 Å². The quantitative estimate of drug-likeness (QED) is 0.898. The number of H-pyrrole nitrogens is 1. The van der Waals surface area contributed by atoms with Gasteiger partial charge in [-0.05, 0) is 31.9 Å². The van der Waals surface area contributed by atoms with E-state index in [1.807, 2.05) is 30.6 Å². The second-order valence-corrected chi connectivity index (χ2v) is 6.80. The lowest BCUT2D eigenvalue weighted by Crippen LogP contribution is -2.42. The molecule has 4 nitrogen and oxygen atoms in total. The van der Waals surface area contributed by atoms with Gasteiger partial charge in [0.15, 0.2) is 0 Å². The van der Waals surface area contributed by atoms with E-state index in [-0.39, 0.29) is 5.92 Å². The van der Waals surface area contributed by atoms with Gasteiger partial charge in [-0.25, -0.2) is 4.98 Å². The Hall–Kier alpha value is -0.970. The van der Waals surface area contributed by atoms with Crippen molar-refractivity contribution >= 4 is 17.7 Å². The molecule has 104 valence electrons. The zero-order valence-electron chi connectivity index (χ0n) is 11.6. The Bertz CT molecular complexity index is 479. The number of amides is 1. The summed E-state index contributed by atoms with van der Waals surface area (Å²) >= 11 is 1.96. The van der Waals surface area contributed by atoms with Gasteiger partial charge in [0.25, 0.3) is 0 Å². The number of aryl methyl sites for hydroxylation is 2. The molecule has 1 aromatic heterocycles. The molecule has 0 aromatic carbocycles. The number of nitrogens with one attached hydrogen (secondary N) is 1. The topological polar surface area (TPSA) is 49.0 Å². The summed E-state index contributed by atoms with van der Waals surface area (Å²) in [6.45, 7) is 1.98. The minimum Gasteiger partial charge on any atom is -0.346 e. The van der Waals surface area contributed by atoms with Crippen LogP contribution in [0.4, 0.5) is 0 Å². The minimum atomic E-state index is 0.142. The van der Waals surface area contributed by atoms with Gasteiger partial charge in [-0.2, -0.15) is 11.8 Å². The van der Waals surface area contributed by atoms with Crippen molar-refractivity contribution in [3.05, 3.63) is 17.2 Å². The van der Waals surface area contributed by atoms with E-state index >= 15 is 0 Å². The fourth-order valence-electron chi connectivity index (χ4n) is 3.13. The number of aromatic amines is 1. The molecule has 0 bridgehead atoms. The second-order valence-electron chi connectivity index (χ2n) is 5.65. The summed E-state index contributed by atoms with van der Waals surface area (Å²) in [5.41, 5.74) is 2.34. The van der Waals surface area contributed by atoms with E-state index in [0.717, 1.165) is 37.3 Å². The number of hydrogen-bond acceptors (Lipinski definition) is 3. The minimum absolute atomic E-state index is 0.142. The highest BCUT2D eigenvalue weighted by Crippen LogP contribution is 2.28. The lowest BCUT2D eigenvalue weighted by molar-refractivity contribution is -0.136. The van der Waals surface area contributed by atoms with Crippen LogP contribution in [0.25, 0.3) is 0 Å². The van der Waals surface area contributed by atoms with Crippen molar-refractivity contribution in [2.45, 2.75) is 38.6 Å². The summed E-state index contributed by atoms with van der Waals surface area (Å²) < 4.78 is 0. The zero-order chi connectivity index (χ0) is 13.4. The fourth-order valence-corrected chi connectivity index (χ4v) is 4.40. The van der Waals surface area contributed by atoms with Crippen LogP contribution < -0.4 is 0 Å². The van der Waals surface area contributed by atoms with Gasteiger partial charge in [0.1, 0.15) is 5.82 Å². The number of rotatable bonds is 2. The first-order valence-electron chi connectivity index (χ1n) is 7.04. The number of carbonyl (C=O) groups is 1. The third-order valence-corrected chi connectivity index (χ3v) is 5.46. The second kappa shape index (κ2) is 5.19. The Morgan fingerprint density at radius 2 is 2.32 bits per heavy atom. The normalized spacial score (nSPS) is 26.2. The Kier molecular flexibility index (Phi) is 3.56. The van der Waals surface area contributed by atoms with Crippen LogP contribution in [0.5, 0.6) is 0 Å². The van der Waals surface area contributed by atoms with Crippen LogP contribution >= 0.6 is 11.8 Å². The number of fused-ring (bicyclic) bond motifs is 1. The molecule has 19 heavy (non-hydrogen) atoms. The van der Waals surface area contributed by atoms with Crippen molar-refractivity contribution < 1.29 is 4.79 Å².